The standard InChI is InChI=1S/C14H16N4O/c1-4-10-8-11-7-9(5-6-18(11)17-10)12-14(2,3)13(19)16-15-12/h5-8H,4H2,1-3H3,(H,16,19). The quantitative estimate of drug-likeness (QED) is 0.890. The number of aromatic nitrogens is 2. The van der Waals surface area contributed by atoms with Crippen LogP contribution in [0.25, 0.3) is 5.52 Å². The summed E-state index contributed by atoms with van der Waals surface area (Å²) in [6.07, 6.45) is 2.81. The number of fused-ring (bicyclic) bond motifs is 1. The van der Waals surface area contributed by atoms with Crippen LogP contribution in [-0.4, -0.2) is 21.2 Å². The van der Waals surface area contributed by atoms with Crippen LogP contribution in [0.5, 0.6) is 0 Å². The number of carbonyl (C=O) groups excluding carboxylic acids is 1. The molecule has 0 aliphatic carbocycles. The van der Waals surface area contributed by atoms with Crippen LogP contribution < -0.4 is 5.43 Å². The molecular weight excluding hydrogens is 240 g/mol. The van der Waals surface area contributed by atoms with Crippen molar-refractivity contribution < 1.29 is 4.79 Å². The Morgan fingerprint density at radius 2 is 2.16 bits per heavy atom. The van der Waals surface area contributed by atoms with E-state index in [0.29, 0.717) is 0 Å². The second-order valence-electron chi connectivity index (χ2n) is 5.30. The molecule has 2 aromatic heterocycles. The predicted octanol–water partition coefficient (Wildman–Crippen LogP) is 1.76. The van der Waals surface area contributed by atoms with Crippen LogP contribution in [0.3, 0.4) is 0 Å². The van der Waals surface area contributed by atoms with Gasteiger partial charge in [0, 0.05) is 11.8 Å². The van der Waals surface area contributed by atoms with Gasteiger partial charge in [-0.2, -0.15) is 10.2 Å². The smallest absolute Gasteiger partial charge is 0.251 e. The summed E-state index contributed by atoms with van der Waals surface area (Å²) in [4.78, 5) is 11.8. The van der Waals surface area contributed by atoms with E-state index >= 15 is 0 Å². The van der Waals surface area contributed by atoms with Crippen LogP contribution in [0.4, 0.5) is 0 Å². The van der Waals surface area contributed by atoms with Crippen molar-refractivity contribution in [3.8, 4) is 0 Å². The van der Waals surface area contributed by atoms with Crippen molar-refractivity contribution in [2.45, 2.75) is 27.2 Å². The third-order valence-electron chi connectivity index (χ3n) is 3.58. The lowest BCUT2D eigenvalue weighted by Crippen LogP contribution is -2.32. The van der Waals surface area contributed by atoms with Gasteiger partial charge >= 0.3 is 0 Å². The van der Waals surface area contributed by atoms with Crippen LogP contribution in [-0.2, 0) is 11.2 Å². The Hall–Kier alpha value is -2.17. The Kier molecular flexibility index (Phi) is 2.45. The average Bonchev–Trinajstić information content (AvgIpc) is 2.90. The second kappa shape index (κ2) is 3.91. The van der Waals surface area contributed by atoms with Gasteiger partial charge in [0.2, 0.25) is 0 Å². The maximum absolute atomic E-state index is 11.8. The van der Waals surface area contributed by atoms with Crippen molar-refractivity contribution in [3.05, 3.63) is 35.7 Å². The number of amides is 1. The summed E-state index contributed by atoms with van der Waals surface area (Å²) in [6.45, 7) is 5.84. The summed E-state index contributed by atoms with van der Waals surface area (Å²) < 4.78 is 1.85. The Bertz CT molecular complexity index is 697. The van der Waals surface area contributed by atoms with Gasteiger partial charge < -0.3 is 0 Å². The molecule has 19 heavy (non-hydrogen) atoms. The van der Waals surface area contributed by atoms with Crippen molar-refractivity contribution >= 4 is 17.1 Å². The zero-order valence-electron chi connectivity index (χ0n) is 11.3. The van der Waals surface area contributed by atoms with Gasteiger partial charge in [0.15, 0.2) is 0 Å². The number of rotatable bonds is 2. The fraction of sp³-hybridized carbons (Fsp3) is 0.357. The van der Waals surface area contributed by atoms with Crippen molar-refractivity contribution in [2.24, 2.45) is 10.5 Å². The van der Waals surface area contributed by atoms with Crippen LogP contribution in [0.15, 0.2) is 29.5 Å². The number of nitrogens with one attached hydrogen (secondary N) is 1. The Morgan fingerprint density at radius 3 is 2.79 bits per heavy atom. The molecule has 0 atom stereocenters. The molecule has 0 fully saturated rings. The zero-order chi connectivity index (χ0) is 13.6. The van der Waals surface area contributed by atoms with Crippen molar-refractivity contribution in [2.75, 3.05) is 0 Å². The second-order valence-corrected chi connectivity index (χ2v) is 5.30. The van der Waals surface area contributed by atoms with Crippen molar-refractivity contribution in [1.29, 1.82) is 0 Å². The minimum Gasteiger partial charge on any atom is -0.272 e. The van der Waals surface area contributed by atoms with Gasteiger partial charge in [-0.15, -0.1) is 0 Å². The molecule has 1 aliphatic heterocycles. The molecule has 3 heterocycles. The summed E-state index contributed by atoms with van der Waals surface area (Å²) in [5, 5.41) is 8.61. The lowest BCUT2D eigenvalue weighted by Gasteiger charge is -2.16. The molecule has 5 heteroatoms. The molecule has 0 spiro atoms. The predicted molar refractivity (Wildman–Crippen MR) is 73.0 cm³/mol. The number of hydrogen-bond acceptors (Lipinski definition) is 3. The summed E-state index contributed by atoms with van der Waals surface area (Å²) >= 11 is 0. The number of hydrazone groups is 1. The molecule has 0 unspecified atom stereocenters. The third-order valence-corrected chi connectivity index (χ3v) is 3.58. The van der Waals surface area contributed by atoms with E-state index in [9.17, 15) is 4.79 Å². The highest BCUT2D eigenvalue weighted by Crippen LogP contribution is 2.27. The van der Waals surface area contributed by atoms with Crippen molar-refractivity contribution in [1.82, 2.24) is 15.0 Å². The van der Waals surface area contributed by atoms with Crippen LogP contribution >= 0.6 is 0 Å². The van der Waals surface area contributed by atoms with E-state index in [4.69, 9.17) is 0 Å². The van der Waals surface area contributed by atoms with Gasteiger partial charge in [0.05, 0.1) is 22.3 Å². The lowest BCUT2D eigenvalue weighted by molar-refractivity contribution is -0.125. The highest BCUT2D eigenvalue weighted by atomic mass is 16.2. The van der Waals surface area contributed by atoms with E-state index in [1.54, 1.807) is 0 Å². The number of carbonyl (C=O) groups is 1. The van der Waals surface area contributed by atoms with E-state index in [2.05, 4.69) is 28.6 Å². The molecule has 1 N–H and O–H groups in total. The van der Waals surface area contributed by atoms with Gasteiger partial charge in [-0.05, 0) is 38.5 Å². The topological polar surface area (TPSA) is 58.8 Å². The summed E-state index contributed by atoms with van der Waals surface area (Å²) in [5.41, 5.74) is 5.77. The maximum atomic E-state index is 11.8. The monoisotopic (exact) mass is 256 g/mol. The largest absolute Gasteiger partial charge is 0.272 e. The minimum atomic E-state index is -0.591. The molecule has 0 aromatic carbocycles. The molecule has 98 valence electrons. The first-order valence-corrected chi connectivity index (χ1v) is 6.39. The van der Waals surface area contributed by atoms with Crippen LogP contribution in [0.2, 0.25) is 0 Å². The molecule has 0 radical (unpaired) electrons. The zero-order valence-corrected chi connectivity index (χ0v) is 11.3. The number of hydrogen-bond donors (Lipinski definition) is 1. The van der Waals surface area contributed by atoms with Crippen LogP contribution in [0, 0.1) is 5.41 Å². The molecule has 1 aliphatic rings. The summed E-state index contributed by atoms with van der Waals surface area (Å²) in [7, 11) is 0. The maximum Gasteiger partial charge on any atom is 0.251 e. The van der Waals surface area contributed by atoms with Gasteiger partial charge in [-0.25, -0.2) is 9.94 Å². The molecule has 1 amide bonds. The number of nitrogens with zero attached hydrogens (tertiary/aromatic N) is 3. The van der Waals surface area contributed by atoms with Gasteiger partial charge in [-0.3, -0.25) is 4.79 Å². The average molecular weight is 256 g/mol. The first-order valence-electron chi connectivity index (χ1n) is 6.39. The van der Waals surface area contributed by atoms with E-state index in [-0.39, 0.29) is 5.91 Å². The van der Waals surface area contributed by atoms with E-state index in [0.717, 1.165) is 28.9 Å². The van der Waals surface area contributed by atoms with Crippen LogP contribution in [0.1, 0.15) is 32.0 Å². The molecule has 2 aromatic rings. The summed E-state index contributed by atoms with van der Waals surface area (Å²) in [6, 6.07) is 6.02. The van der Waals surface area contributed by atoms with Gasteiger partial charge in [-0.1, -0.05) is 6.92 Å². The van der Waals surface area contributed by atoms with Gasteiger partial charge in [0.1, 0.15) is 0 Å². The fourth-order valence-electron chi connectivity index (χ4n) is 2.29. The Labute approximate surface area is 111 Å². The highest BCUT2D eigenvalue weighted by molar-refractivity contribution is 6.19. The van der Waals surface area contributed by atoms with Crippen molar-refractivity contribution in [3.63, 3.8) is 0 Å². The molecule has 0 bridgehead atoms. The SMILES string of the molecule is CCc1cc2cc(C3=NNC(=O)C3(C)C)ccn2n1. The molecule has 0 saturated heterocycles. The number of pyridine rings is 1. The number of aryl methyl sites for hydroxylation is 1. The highest BCUT2D eigenvalue weighted by Gasteiger charge is 2.39. The molecule has 5 nitrogen and oxygen atoms in total. The third kappa shape index (κ3) is 1.73. The molecule has 0 saturated carbocycles. The minimum absolute atomic E-state index is 0.0647. The van der Waals surface area contributed by atoms with E-state index in [1.165, 1.54) is 0 Å². The van der Waals surface area contributed by atoms with E-state index in [1.807, 2.05) is 36.7 Å². The fourth-order valence-corrected chi connectivity index (χ4v) is 2.29. The Balaban J connectivity index is 2.09. The van der Waals surface area contributed by atoms with E-state index < -0.39 is 5.41 Å². The first-order chi connectivity index (χ1) is 9.02. The Morgan fingerprint density at radius 1 is 1.37 bits per heavy atom. The first kappa shape index (κ1) is 11.9. The molecular formula is C14H16N4O. The normalized spacial score (nSPS) is 17.6. The molecule has 3 rings (SSSR count). The lowest BCUT2D eigenvalue weighted by atomic mass is 9.84. The summed E-state index contributed by atoms with van der Waals surface area (Å²) in [5.74, 6) is -0.0647. The van der Waals surface area contributed by atoms with Gasteiger partial charge in [0.25, 0.3) is 5.91 Å².